The third kappa shape index (κ3) is 6.00. The van der Waals surface area contributed by atoms with Gasteiger partial charge in [-0.25, -0.2) is 0 Å². The minimum absolute atomic E-state index is 0.00226. The van der Waals surface area contributed by atoms with E-state index in [1.54, 1.807) is 18.0 Å². The number of amides is 1. The molecule has 1 rings (SSSR count). The zero-order valence-electron chi connectivity index (χ0n) is 11.6. The van der Waals surface area contributed by atoms with Gasteiger partial charge >= 0.3 is 5.97 Å². The van der Waals surface area contributed by atoms with Gasteiger partial charge in [0.15, 0.2) is 0 Å². The Balaban J connectivity index is 2.47. The number of nitrogens with zero attached hydrogens (tertiary/aromatic N) is 2. The second-order valence-corrected chi connectivity index (χ2v) is 4.52. The molecule has 8 nitrogen and oxygen atoms in total. The summed E-state index contributed by atoms with van der Waals surface area (Å²) < 4.78 is 0. The van der Waals surface area contributed by atoms with Crippen molar-refractivity contribution in [1.29, 1.82) is 0 Å². The Labute approximate surface area is 121 Å². The Morgan fingerprint density at radius 3 is 2.52 bits per heavy atom. The average Bonchev–Trinajstić information content (AvgIpc) is 2.43. The fourth-order valence-corrected chi connectivity index (χ4v) is 1.64. The predicted octanol–water partition coefficient (Wildman–Crippen LogP) is 1.33. The number of carbonyl (C=O) groups is 2. The van der Waals surface area contributed by atoms with Crippen LogP contribution in [0, 0.1) is 10.1 Å². The second kappa shape index (κ2) is 7.95. The van der Waals surface area contributed by atoms with E-state index in [1.165, 1.54) is 18.2 Å². The first-order chi connectivity index (χ1) is 9.90. The van der Waals surface area contributed by atoms with E-state index in [2.05, 4.69) is 5.32 Å². The van der Waals surface area contributed by atoms with Gasteiger partial charge in [-0.2, -0.15) is 0 Å². The Bertz CT molecular complexity index is 532. The molecule has 0 unspecified atom stereocenters. The van der Waals surface area contributed by atoms with Crippen LogP contribution < -0.4 is 5.32 Å². The molecule has 0 bridgehead atoms. The first-order valence-corrected chi connectivity index (χ1v) is 6.33. The lowest BCUT2D eigenvalue weighted by Gasteiger charge is -2.14. The van der Waals surface area contributed by atoms with Crippen molar-refractivity contribution < 1.29 is 19.6 Å². The maximum Gasteiger partial charge on any atom is 0.304 e. The summed E-state index contributed by atoms with van der Waals surface area (Å²) in [5.41, 5.74) is -0.00855. The van der Waals surface area contributed by atoms with Crippen LogP contribution in [0.25, 0.3) is 0 Å². The van der Waals surface area contributed by atoms with Gasteiger partial charge in [0, 0.05) is 25.6 Å². The number of hydrogen-bond donors (Lipinski definition) is 2. The van der Waals surface area contributed by atoms with Crippen LogP contribution in [0.3, 0.4) is 0 Å². The number of anilines is 1. The van der Waals surface area contributed by atoms with Crippen LogP contribution in [0.2, 0.25) is 0 Å². The lowest BCUT2D eigenvalue weighted by molar-refractivity contribution is -0.383. The molecule has 0 aromatic heterocycles. The Morgan fingerprint density at radius 1 is 1.29 bits per heavy atom. The Hall–Kier alpha value is -2.48. The van der Waals surface area contributed by atoms with Crippen molar-refractivity contribution in [2.45, 2.75) is 12.8 Å². The molecule has 0 spiro atoms. The molecule has 0 saturated heterocycles. The van der Waals surface area contributed by atoms with Crippen molar-refractivity contribution >= 4 is 23.3 Å². The maximum absolute atomic E-state index is 11.8. The first-order valence-electron chi connectivity index (χ1n) is 6.33. The summed E-state index contributed by atoms with van der Waals surface area (Å²) in [5.74, 6) is -1.25. The van der Waals surface area contributed by atoms with E-state index < -0.39 is 10.9 Å². The smallest absolute Gasteiger partial charge is 0.304 e. The van der Waals surface area contributed by atoms with E-state index in [0.29, 0.717) is 13.1 Å². The number of nitro benzene ring substituents is 1. The van der Waals surface area contributed by atoms with Gasteiger partial charge in [0.2, 0.25) is 5.91 Å². The number of carboxylic acid groups (broad SMARTS) is 1. The van der Waals surface area contributed by atoms with Crippen LogP contribution in [-0.2, 0) is 9.59 Å². The number of para-hydroxylation sites is 2. The van der Waals surface area contributed by atoms with Crippen LogP contribution in [0.15, 0.2) is 24.3 Å². The molecule has 2 N–H and O–H groups in total. The van der Waals surface area contributed by atoms with E-state index in [4.69, 9.17) is 5.11 Å². The third-order valence-electron chi connectivity index (χ3n) is 2.80. The number of nitrogens with one attached hydrogen (secondary N) is 1. The number of rotatable bonds is 8. The third-order valence-corrected chi connectivity index (χ3v) is 2.80. The van der Waals surface area contributed by atoms with Gasteiger partial charge in [0.25, 0.3) is 5.69 Å². The standard InChI is InChI=1S/C13H17N3O5/c1-15(9-7-13(18)19)8-6-12(17)14-10-4-2-3-5-11(10)16(20)21/h2-5H,6-9H2,1H3,(H,14,17)(H,18,19). The zero-order chi connectivity index (χ0) is 15.8. The molecule has 21 heavy (non-hydrogen) atoms. The lowest BCUT2D eigenvalue weighted by Crippen LogP contribution is -2.26. The molecule has 1 aromatic carbocycles. The van der Waals surface area contributed by atoms with Gasteiger partial charge < -0.3 is 15.3 Å². The minimum Gasteiger partial charge on any atom is -0.481 e. The highest BCUT2D eigenvalue weighted by Crippen LogP contribution is 2.23. The molecule has 0 heterocycles. The summed E-state index contributed by atoms with van der Waals surface area (Å²) in [7, 11) is 1.71. The molecule has 0 radical (unpaired) electrons. The molecule has 0 atom stereocenters. The minimum atomic E-state index is -0.897. The molecule has 0 saturated carbocycles. The van der Waals surface area contributed by atoms with E-state index in [-0.39, 0.29) is 30.1 Å². The van der Waals surface area contributed by atoms with Crippen molar-refractivity contribution in [3.8, 4) is 0 Å². The van der Waals surface area contributed by atoms with Gasteiger partial charge in [0.1, 0.15) is 5.69 Å². The lowest BCUT2D eigenvalue weighted by atomic mass is 10.2. The van der Waals surface area contributed by atoms with Crippen molar-refractivity contribution in [3.63, 3.8) is 0 Å². The largest absolute Gasteiger partial charge is 0.481 e. The van der Waals surface area contributed by atoms with Crippen molar-refractivity contribution in [2.75, 3.05) is 25.5 Å². The number of carbonyl (C=O) groups excluding carboxylic acids is 1. The summed E-state index contributed by atoms with van der Waals surface area (Å²) in [6.45, 7) is 0.716. The van der Waals surface area contributed by atoms with Crippen molar-refractivity contribution in [3.05, 3.63) is 34.4 Å². The number of benzene rings is 1. The molecular weight excluding hydrogens is 278 g/mol. The first kappa shape index (κ1) is 16.6. The number of carboxylic acids is 1. The fourth-order valence-electron chi connectivity index (χ4n) is 1.64. The normalized spacial score (nSPS) is 10.4. The molecule has 0 aliphatic rings. The summed E-state index contributed by atoms with van der Waals surface area (Å²) in [6.07, 6.45) is 0.129. The highest BCUT2D eigenvalue weighted by Gasteiger charge is 2.14. The second-order valence-electron chi connectivity index (χ2n) is 4.52. The molecule has 1 amide bonds. The van der Waals surface area contributed by atoms with Crippen LogP contribution in [0.5, 0.6) is 0 Å². The number of hydrogen-bond acceptors (Lipinski definition) is 5. The van der Waals surface area contributed by atoms with Crippen LogP contribution in [0.1, 0.15) is 12.8 Å². The highest BCUT2D eigenvalue weighted by molar-refractivity contribution is 5.93. The number of aliphatic carboxylic acids is 1. The molecule has 0 fully saturated rings. The quantitative estimate of drug-likeness (QED) is 0.552. The van der Waals surface area contributed by atoms with Crippen LogP contribution in [-0.4, -0.2) is 46.9 Å². The van der Waals surface area contributed by atoms with Gasteiger partial charge in [-0.05, 0) is 13.1 Å². The SMILES string of the molecule is CN(CCC(=O)O)CCC(=O)Nc1ccccc1[N+](=O)[O-]. The van der Waals surface area contributed by atoms with Gasteiger partial charge in [-0.1, -0.05) is 12.1 Å². The van der Waals surface area contributed by atoms with Crippen LogP contribution in [0.4, 0.5) is 11.4 Å². The zero-order valence-corrected chi connectivity index (χ0v) is 11.6. The fraction of sp³-hybridized carbons (Fsp3) is 0.385. The van der Waals surface area contributed by atoms with E-state index >= 15 is 0 Å². The van der Waals surface area contributed by atoms with Gasteiger partial charge in [-0.15, -0.1) is 0 Å². The topological polar surface area (TPSA) is 113 Å². The number of nitro groups is 1. The summed E-state index contributed by atoms with van der Waals surface area (Å²) >= 11 is 0. The van der Waals surface area contributed by atoms with E-state index in [9.17, 15) is 19.7 Å². The molecule has 0 aliphatic carbocycles. The van der Waals surface area contributed by atoms with E-state index in [1.807, 2.05) is 0 Å². The summed E-state index contributed by atoms with van der Waals surface area (Å²) in [5, 5.41) is 21.8. The summed E-state index contributed by atoms with van der Waals surface area (Å²) in [6, 6.07) is 5.90. The Kier molecular flexibility index (Phi) is 6.28. The molecule has 114 valence electrons. The average molecular weight is 295 g/mol. The monoisotopic (exact) mass is 295 g/mol. The Morgan fingerprint density at radius 2 is 1.90 bits per heavy atom. The van der Waals surface area contributed by atoms with Crippen LogP contribution >= 0.6 is 0 Å². The van der Waals surface area contributed by atoms with E-state index in [0.717, 1.165) is 0 Å². The summed E-state index contributed by atoms with van der Waals surface area (Å²) in [4.78, 5) is 34.1. The molecule has 8 heteroatoms. The molecule has 0 aliphatic heterocycles. The van der Waals surface area contributed by atoms with Gasteiger partial charge in [-0.3, -0.25) is 19.7 Å². The van der Waals surface area contributed by atoms with Gasteiger partial charge in [0.05, 0.1) is 11.3 Å². The van der Waals surface area contributed by atoms with Crippen molar-refractivity contribution in [1.82, 2.24) is 4.90 Å². The van der Waals surface area contributed by atoms with Crippen molar-refractivity contribution in [2.24, 2.45) is 0 Å². The maximum atomic E-state index is 11.8. The molecule has 1 aromatic rings. The highest BCUT2D eigenvalue weighted by atomic mass is 16.6. The predicted molar refractivity (Wildman–Crippen MR) is 76.1 cm³/mol. The molecular formula is C13H17N3O5.